The molecule has 0 spiro atoms. The average Bonchev–Trinajstić information content (AvgIpc) is 2.17. The summed E-state index contributed by atoms with van der Waals surface area (Å²) < 4.78 is 31.6. The van der Waals surface area contributed by atoms with Gasteiger partial charge in [-0.3, -0.25) is 0 Å². The van der Waals surface area contributed by atoms with Gasteiger partial charge in [-0.25, -0.2) is 8.78 Å². The van der Waals surface area contributed by atoms with Crippen molar-refractivity contribution in [2.24, 2.45) is 5.92 Å². The molecule has 0 radical (unpaired) electrons. The van der Waals surface area contributed by atoms with E-state index in [9.17, 15) is 8.78 Å². The molecule has 0 aromatic carbocycles. The van der Waals surface area contributed by atoms with Crippen molar-refractivity contribution in [3.8, 4) is 0 Å². The van der Waals surface area contributed by atoms with Gasteiger partial charge in [-0.2, -0.15) is 0 Å². The fourth-order valence-corrected chi connectivity index (χ4v) is 1.65. The number of halogens is 2. The molecule has 0 bridgehead atoms. The highest BCUT2D eigenvalue weighted by atomic mass is 19.1. The van der Waals surface area contributed by atoms with E-state index in [-0.39, 0.29) is 5.83 Å². The fourth-order valence-electron chi connectivity index (χ4n) is 1.65. The fraction of sp³-hybridized carbons (Fsp3) is 0.667. The third-order valence-electron chi connectivity index (χ3n) is 2.44. The maximum Gasteiger partial charge on any atom is 0.154 e. The van der Waals surface area contributed by atoms with E-state index in [1.165, 1.54) is 13.0 Å². The number of hydrogen-bond donors (Lipinski definition) is 0. The van der Waals surface area contributed by atoms with Crippen LogP contribution >= 0.6 is 0 Å². The summed E-state index contributed by atoms with van der Waals surface area (Å²) in [5.41, 5.74) is 0.670. The van der Waals surface area contributed by atoms with Gasteiger partial charge < -0.3 is 4.74 Å². The quantitative estimate of drug-likeness (QED) is 0.694. The van der Waals surface area contributed by atoms with Crippen molar-refractivity contribution < 1.29 is 13.5 Å². The lowest BCUT2D eigenvalue weighted by Crippen LogP contribution is -2.19. The third kappa shape index (κ3) is 3.33. The average molecular weight is 216 g/mol. The number of ether oxygens (including phenoxy) is 1. The number of alkyl halides is 1. The van der Waals surface area contributed by atoms with E-state index < -0.39 is 6.17 Å². The topological polar surface area (TPSA) is 9.23 Å². The Balaban J connectivity index is 2.94. The van der Waals surface area contributed by atoms with E-state index in [1.54, 1.807) is 6.92 Å². The van der Waals surface area contributed by atoms with Gasteiger partial charge in [0.25, 0.3) is 0 Å². The SMILES string of the molecule is CC/C(F)=C\C1=C(C(C)F)OCC(C)C1. The standard InChI is InChI=1S/C12H18F2O/c1-4-11(14)6-10-5-8(2)7-15-12(10)9(3)13/h6,8-9H,4-5,7H2,1-3H3/b11-6+. The summed E-state index contributed by atoms with van der Waals surface area (Å²) >= 11 is 0. The van der Waals surface area contributed by atoms with Crippen molar-refractivity contribution in [2.45, 2.75) is 39.8 Å². The van der Waals surface area contributed by atoms with Gasteiger partial charge >= 0.3 is 0 Å². The summed E-state index contributed by atoms with van der Waals surface area (Å²) in [4.78, 5) is 0. The summed E-state index contributed by atoms with van der Waals surface area (Å²) in [6.45, 7) is 5.69. The Labute approximate surface area is 89.8 Å². The summed E-state index contributed by atoms with van der Waals surface area (Å²) in [6.07, 6.45) is 1.29. The smallest absolute Gasteiger partial charge is 0.154 e. The van der Waals surface area contributed by atoms with Crippen LogP contribution in [0, 0.1) is 5.92 Å². The number of allylic oxidation sites excluding steroid dienone is 4. The molecule has 1 rings (SSSR count). The van der Waals surface area contributed by atoms with E-state index in [0.29, 0.717) is 36.7 Å². The molecule has 0 amide bonds. The maximum absolute atomic E-state index is 13.2. The summed E-state index contributed by atoms with van der Waals surface area (Å²) in [7, 11) is 0. The van der Waals surface area contributed by atoms with Crippen LogP contribution in [-0.4, -0.2) is 12.8 Å². The normalized spacial score (nSPS) is 25.1. The molecular weight excluding hydrogens is 198 g/mol. The second-order valence-corrected chi connectivity index (χ2v) is 4.07. The molecule has 2 unspecified atom stereocenters. The number of hydrogen-bond acceptors (Lipinski definition) is 1. The largest absolute Gasteiger partial charge is 0.494 e. The van der Waals surface area contributed by atoms with Gasteiger partial charge in [0.2, 0.25) is 0 Å². The highest BCUT2D eigenvalue weighted by molar-refractivity contribution is 5.28. The molecule has 86 valence electrons. The molecule has 1 heterocycles. The Morgan fingerprint density at radius 1 is 1.67 bits per heavy atom. The van der Waals surface area contributed by atoms with Crippen molar-refractivity contribution in [2.75, 3.05) is 6.61 Å². The van der Waals surface area contributed by atoms with Crippen LogP contribution in [0.15, 0.2) is 23.2 Å². The molecule has 1 nitrogen and oxygen atoms in total. The minimum atomic E-state index is -1.16. The van der Waals surface area contributed by atoms with E-state index in [2.05, 4.69) is 0 Å². The Bertz CT molecular complexity index is 279. The Morgan fingerprint density at radius 2 is 2.33 bits per heavy atom. The Morgan fingerprint density at radius 3 is 2.87 bits per heavy atom. The van der Waals surface area contributed by atoms with E-state index in [1.807, 2.05) is 6.92 Å². The van der Waals surface area contributed by atoms with Gasteiger partial charge in [-0.15, -0.1) is 0 Å². The zero-order chi connectivity index (χ0) is 11.4. The molecule has 0 saturated heterocycles. The van der Waals surface area contributed by atoms with Crippen molar-refractivity contribution in [3.05, 3.63) is 23.2 Å². The van der Waals surface area contributed by atoms with Crippen LogP contribution in [0.3, 0.4) is 0 Å². The molecule has 1 aliphatic rings. The van der Waals surface area contributed by atoms with Gasteiger partial charge in [0.1, 0.15) is 11.6 Å². The van der Waals surface area contributed by atoms with Gasteiger partial charge in [-0.05, 0) is 37.3 Å². The zero-order valence-corrected chi connectivity index (χ0v) is 9.52. The second kappa shape index (κ2) is 5.29. The molecule has 2 atom stereocenters. The first kappa shape index (κ1) is 12.2. The molecule has 0 aromatic heterocycles. The minimum Gasteiger partial charge on any atom is -0.494 e. The molecule has 0 saturated carbocycles. The highest BCUT2D eigenvalue weighted by Gasteiger charge is 2.22. The van der Waals surface area contributed by atoms with Crippen LogP contribution in [-0.2, 0) is 4.74 Å². The maximum atomic E-state index is 13.2. The molecule has 0 fully saturated rings. The highest BCUT2D eigenvalue weighted by Crippen LogP contribution is 2.28. The Hall–Kier alpha value is -0.860. The van der Waals surface area contributed by atoms with Crippen LogP contribution in [0.1, 0.15) is 33.6 Å². The molecule has 15 heavy (non-hydrogen) atoms. The second-order valence-electron chi connectivity index (χ2n) is 4.07. The summed E-state index contributed by atoms with van der Waals surface area (Å²) in [6, 6.07) is 0. The van der Waals surface area contributed by atoms with Crippen LogP contribution in [0.2, 0.25) is 0 Å². The van der Waals surface area contributed by atoms with Gasteiger partial charge in [0.15, 0.2) is 6.17 Å². The first-order valence-corrected chi connectivity index (χ1v) is 5.40. The first-order valence-electron chi connectivity index (χ1n) is 5.40. The van der Waals surface area contributed by atoms with Crippen molar-refractivity contribution >= 4 is 0 Å². The molecular formula is C12H18F2O. The lowest BCUT2D eigenvalue weighted by atomic mass is 9.96. The summed E-state index contributed by atoms with van der Waals surface area (Å²) in [5.74, 6) is 0.404. The zero-order valence-electron chi connectivity index (χ0n) is 9.52. The van der Waals surface area contributed by atoms with Crippen LogP contribution < -0.4 is 0 Å². The van der Waals surface area contributed by atoms with Crippen LogP contribution in [0.4, 0.5) is 8.78 Å². The monoisotopic (exact) mass is 216 g/mol. The minimum absolute atomic E-state index is 0.221. The molecule has 0 N–H and O–H groups in total. The van der Waals surface area contributed by atoms with E-state index in [4.69, 9.17) is 4.74 Å². The molecule has 0 aromatic rings. The van der Waals surface area contributed by atoms with Crippen molar-refractivity contribution in [1.29, 1.82) is 0 Å². The van der Waals surface area contributed by atoms with Gasteiger partial charge in [0, 0.05) is 0 Å². The first-order chi connectivity index (χ1) is 7.04. The number of rotatable bonds is 3. The van der Waals surface area contributed by atoms with Crippen molar-refractivity contribution in [3.63, 3.8) is 0 Å². The predicted molar refractivity (Wildman–Crippen MR) is 56.8 cm³/mol. The van der Waals surface area contributed by atoms with Crippen molar-refractivity contribution in [1.82, 2.24) is 0 Å². The molecule has 1 aliphatic heterocycles. The van der Waals surface area contributed by atoms with Crippen LogP contribution in [0.5, 0.6) is 0 Å². The summed E-state index contributed by atoms with van der Waals surface area (Å²) in [5, 5.41) is 0. The lowest BCUT2D eigenvalue weighted by molar-refractivity contribution is 0.112. The van der Waals surface area contributed by atoms with E-state index in [0.717, 1.165) is 0 Å². The Kier molecular flexibility index (Phi) is 4.30. The predicted octanol–water partition coefficient (Wildman–Crippen LogP) is 3.92. The van der Waals surface area contributed by atoms with Gasteiger partial charge in [-0.1, -0.05) is 13.8 Å². The van der Waals surface area contributed by atoms with Gasteiger partial charge in [0.05, 0.1) is 6.61 Å². The molecule has 3 heteroatoms. The molecule has 0 aliphatic carbocycles. The third-order valence-corrected chi connectivity index (χ3v) is 2.44. The lowest BCUT2D eigenvalue weighted by Gasteiger charge is -2.25. The van der Waals surface area contributed by atoms with Crippen LogP contribution in [0.25, 0.3) is 0 Å². The van der Waals surface area contributed by atoms with E-state index >= 15 is 0 Å².